The first-order valence-corrected chi connectivity index (χ1v) is 10.7. The normalized spacial score (nSPS) is 25.1. The number of nitriles is 1. The molecule has 1 heterocycles. The quantitative estimate of drug-likeness (QED) is 0.368. The van der Waals surface area contributed by atoms with Gasteiger partial charge in [-0.2, -0.15) is 5.26 Å². The highest BCUT2D eigenvalue weighted by atomic mass is 16.5. The van der Waals surface area contributed by atoms with Crippen molar-refractivity contribution in [2.45, 2.75) is 26.7 Å². The van der Waals surface area contributed by atoms with E-state index in [1.165, 1.54) is 4.90 Å². The predicted octanol–water partition coefficient (Wildman–Crippen LogP) is 1.90. The lowest BCUT2D eigenvalue weighted by Gasteiger charge is -2.23. The summed E-state index contributed by atoms with van der Waals surface area (Å²) in [5.74, 6) is -2.56. The number of likely N-dealkylation sites (tertiary alicyclic amines) is 1. The lowest BCUT2D eigenvalue weighted by atomic mass is 9.85. The van der Waals surface area contributed by atoms with Gasteiger partial charge in [0, 0.05) is 12.2 Å². The topological polar surface area (TPSA) is 108 Å². The van der Waals surface area contributed by atoms with Gasteiger partial charge in [0.2, 0.25) is 11.8 Å². The Bertz CT molecular complexity index is 1010. The third-order valence-electron chi connectivity index (χ3n) is 6.47. The van der Waals surface area contributed by atoms with E-state index in [1.54, 1.807) is 0 Å². The van der Waals surface area contributed by atoms with Crippen molar-refractivity contribution in [2.75, 3.05) is 24.6 Å². The van der Waals surface area contributed by atoms with Crippen LogP contribution in [0.5, 0.6) is 0 Å². The highest BCUT2D eigenvalue weighted by Crippen LogP contribution is 2.52. The minimum atomic E-state index is -0.805. The Labute approximate surface area is 186 Å². The molecule has 2 aliphatic carbocycles. The van der Waals surface area contributed by atoms with Crippen molar-refractivity contribution in [1.82, 2.24) is 4.90 Å². The summed E-state index contributed by atoms with van der Waals surface area (Å²) in [4.78, 5) is 52.9. The molecule has 0 radical (unpaired) electrons. The van der Waals surface area contributed by atoms with Crippen molar-refractivity contribution in [2.24, 2.45) is 23.7 Å². The fourth-order valence-electron chi connectivity index (χ4n) is 5.18. The fraction of sp³-hybridized carbons (Fsp3) is 0.458. The van der Waals surface area contributed by atoms with Crippen molar-refractivity contribution >= 4 is 29.4 Å². The summed E-state index contributed by atoms with van der Waals surface area (Å²) >= 11 is 0. The number of rotatable bonds is 7. The molecule has 0 spiro atoms. The first-order valence-electron chi connectivity index (χ1n) is 10.7. The van der Waals surface area contributed by atoms with E-state index >= 15 is 0 Å². The van der Waals surface area contributed by atoms with E-state index in [1.807, 2.05) is 50.3 Å². The van der Waals surface area contributed by atoms with Crippen LogP contribution in [0.15, 0.2) is 30.4 Å². The van der Waals surface area contributed by atoms with Gasteiger partial charge in [-0.05, 0) is 55.4 Å². The van der Waals surface area contributed by atoms with E-state index < -0.39 is 25.0 Å². The third kappa shape index (κ3) is 3.91. The number of allylic oxidation sites excluding steroid dienone is 2. The SMILES string of the molecule is Cc1cc(C)cc(N(CCC#N)C(=O)COC(=O)CN2C(=O)C3C4C=CC(C4)C3C2=O)c1. The fourth-order valence-corrected chi connectivity index (χ4v) is 5.18. The Hall–Kier alpha value is -3.47. The van der Waals surface area contributed by atoms with Crippen LogP contribution in [0.4, 0.5) is 5.69 Å². The molecule has 1 aromatic carbocycles. The number of hydrogen-bond acceptors (Lipinski definition) is 6. The van der Waals surface area contributed by atoms with Crippen LogP contribution in [0.2, 0.25) is 0 Å². The number of imide groups is 1. The minimum Gasteiger partial charge on any atom is -0.454 e. The molecule has 3 amide bonds. The van der Waals surface area contributed by atoms with Crippen LogP contribution in [0.3, 0.4) is 0 Å². The zero-order valence-corrected chi connectivity index (χ0v) is 18.1. The van der Waals surface area contributed by atoms with Crippen LogP contribution >= 0.6 is 0 Å². The second-order valence-corrected chi connectivity index (χ2v) is 8.72. The van der Waals surface area contributed by atoms with Crippen molar-refractivity contribution in [1.29, 1.82) is 5.26 Å². The second kappa shape index (κ2) is 8.58. The summed E-state index contributed by atoms with van der Waals surface area (Å²) in [6.07, 6.45) is 4.92. The summed E-state index contributed by atoms with van der Waals surface area (Å²) in [6.45, 7) is 2.96. The summed E-state index contributed by atoms with van der Waals surface area (Å²) < 4.78 is 5.12. The van der Waals surface area contributed by atoms with Gasteiger partial charge in [0.05, 0.1) is 24.3 Å². The van der Waals surface area contributed by atoms with E-state index in [4.69, 9.17) is 10.00 Å². The van der Waals surface area contributed by atoms with Crippen LogP contribution in [-0.2, 0) is 23.9 Å². The van der Waals surface area contributed by atoms with Gasteiger partial charge in [0.25, 0.3) is 5.91 Å². The standard InChI is InChI=1S/C24H25N3O5/c1-14-8-15(2)10-18(9-14)26(7-3-6-25)19(28)13-32-20(29)12-27-23(30)21-16-4-5-17(11-16)22(21)24(27)31/h4-5,8-10,16-17,21-22H,3,7,11-13H2,1-2H3. The molecule has 2 fully saturated rings. The number of benzene rings is 1. The van der Waals surface area contributed by atoms with E-state index in [0.29, 0.717) is 5.69 Å². The molecule has 1 saturated carbocycles. The molecule has 1 saturated heterocycles. The summed E-state index contributed by atoms with van der Waals surface area (Å²) in [5, 5.41) is 8.94. The van der Waals surface area contributed by atoms with Gasteiger partial charge in [-0.15, -0.1) is 0 Å². The number of nitrogens with zero attached hydrogens (tertiary/aromatic N) is 3. The summed E-state index contributed by atoms with van der Waals surface area (Å²) in [6, 6.07) is 7.64. The Morgan fingerprint density at radius 1 is 1.09 bits per heavy atom. The highest BCUT2D eigenvalue weighted by Gasteiger charge is 2.59. The Morgan fingerprint density at radius 3 is 2.25 bits per heavy atom. The number of carbonyl (C=O) groups is 4. The molecule has 32 heavy (non-hydrogen) atoms. The lowest BCUT2D eigenvalue weighted by Crippen LogP contribution is -2.40. The van der Waals surface area contributed by atoms with Gasteiger partial charge in [-0.25, -0.2) is 0 Å². The molecule has 4 atom stereocenters. The number of amides is 3. The molecule has 4 unspecified atom stereocenters. The number of ether oxygens (including phenoxy) is 1. The molecular formula is C24H25N3O5. The maximum Gasteiger partial charge on any atom is 0.326 e. The van der Waals surface area contributed by atoms with Gasteiger partial charge >= 0.3 is 5.97 Å². The smallest absolute Gasteiger partial charge is 0.326 e. The maximum atomic E-state index is 12.8. The van der Waals surface area contributed by atoms with Crippen molar-refractivity contribution in [3.63, 3.8) is 0 Å². The second-order valence-electron chi connectivity index (χ2n) is 8.72. The van der Waals surface area contributed by atoms with Crippen molar-refractivity contribution in [3.8, 4) is 6.07 Å². The van der Waals surface area contributed by atoms with E-state index in [2.05, 4.69) is 0 Å². The maximum absolute atomic E-state index is 12.8. The Morgan fingerprint density at radius 2 is 1.69 bits per heavy atom. The predicted molar refractivity (Wildman–Crippen MR) is 114 cm³/mol. The molecule has 166 valence electrons. The number of aryl methyl sites for hydroxylation is 2. The average molecular weight is 435 g/mol. The van der Waals surface area contributed by atoms with E-state index in [9.17, 15) is 19.2 Å². The molecule has 3 aliphatic rings. The van der Waals surface area contributed by atoms with Gasteiger partial charge in [-0.3, -0.25) is 24.1 Å². The molecule has 0 aromatic heterocycles. The van der Waals surface area contributed by atoms with Crippen LogP contribution < -0.4 is 4.90 Å². The summed E-state index contributed by atoms with van der Waals surface area (Å²) in [7, 11) is 0. The average Bonchev–Trinajstić information content (AvgIpc) is 3.42. The highest BCUT2D eigenvalue weighted by molar-refractivity contribution is 6.08. The van der Waals surface area contributed by atoms with Gasteiger partial charge in [0.1, 0.15) is 6.54 Å². The van der Waals surface area contributed by atoms with Crippen LogP contribution in [0, 0.1) is 48.9 Å². The Balaban J connectivity index is 1.37. The molecule has 8 nitrogen and oxygen atoms in total. The largest absolute Gasteiger partial charge is 0.454 e. The number of fused-ring (bicyclic) bond motifs is 5. The first-order chi connectivity index (χ1) is 15.3. The third-order valence-corrected chi connectivity index (χ3v) is 6.47. The number of anilines is 1. The van der Waals surface area contributed by atoms with Crippen molar-refractivity contribution in [3.05, 3.63) is 41.5 Å². The number of carbonyl (C=O) groups excluding carboxylic acids is 4. The minimum absolute atomic E-state index is 0.0653. The molecule has 4 rings (SSSR count). The molecule has 1 aliphatic heterocycles. The van der Waals surface area contributed by atoms with Crippen LogP contribution in [-0.4, -0.2) is 48.3 Å². The zero-order chi connectivity index (χ0) is 23.0. The van der Waals surface area contributed by atoms with E-state index in [0.717, 1.165) is 22.4 Å². The van der Waals surface area contributed by atoms with Gasteiger partial charge in [-0.1, -0.05) is 18.2 Å². The molecule has 2 bridgehead atoms. The molecule has 0 N–H and O–H groups in total. The van der Waals surface area contributed by atoms with Crippen LogP contribution in [0.25, 0.3) is 0 Å². The van der Waals surface area contributed by atoms with Gasteiger partial charge in [0.15, 0.2) is 6.61 Å². The number of esters is 1. The number of hydrogen-bond donors (Lipinski definition) is 0. The van der Waals surface area contributed by atoms with Crippen molar-refractivity contribution < 1.29 is 23.9 Å². The Kier molecular flexibility index (Phi) is 5.83. The molecule has 8 heteroatoms. The lowest BCUT2D eigenvalue weighted by molar-refractivity contribution is -0.154. The molecule has 1 aromatic rings. The monoisotopic (exact) mass is 435 g/mol. The first kappa shape index (κ1) is 21.8. The van der Waals surface area contributed by atoms with Gasteiger partial charge < -0.3 is 9.64 Å². The zero-order valence-electron chi connectivity index (χ0n) is 18.1. The van der Waals surface area contributed by atoms with E-state index in [-0.39, 0.29) is 48.5 Å². The summed E-state index contributed by atoms with van der Waals surface area (Å²) in [5.41, 5.74) is 2.55. The molecular weight excluding hydrogens is 410 g/mol. The van der Waals surface area contributed by atoms with Crippen LogP contribution in [0.1, 0.15) is 24.0 Å².